The molecule has 150 valence electrons. The van der Waals surface area contributed by atoms with E-state index in [4.69, 9.17) is 0 Å². The van der Waals surface area contributed by atoms with E-state index in [-0.39, 0.29) is 12.5 Å². The topological polar surface area (TPSA) is 65.5 Å². The van der Waals surface area contributed by atoms with Crippen molar-refractivity contribution < 1.29 is 18.0 Å². The standard InChI is InChI=1S/C20H23F3N4O/c1-2-24-19(26-13-12-25-18(28)16-6-4-3-5-7-16)27-14-15-8-10-17(11-9-15)20(21,22)23/h3-11H,2,12-14H2,1H3,(H,25,28)(H2,24,26,27). The molecule has 0 saturated heterocycles. The van der Waals surface area contributed by atoms with Crippen LogP contribution in [0.25, 0.3) is 0 Å². The van der Waals surface area contributed by atoms with E-state index in [1.165, 1.54) is 12.1 Å². The van der Waals surface area contributed by atoms with Crippen LogP contribution in [-0.2, 0) is 12.7 Å². The molecule has 0 bridgehead atoms. The van der Waals surface area contributed by atoms with Gasteiger partial charge in [-0.15, -0.1) is 0 Å². The van der Waals surface area contributed by atoms with Gasteiger partial charge in [0.1, 0.15) is 0 Å². The molecule has 0 fully saturated rings. The second kappa shape index (κ2) is 10.3. The van der Waals surface area contributed by atoms with E-state index in [9.17, 15) is 18.0 Å². The van der Waals surface area contributed by atoms with Crippen LogP contribution in [0.4, 0.5) is 13.2 Å². The highest BCUT2D eigenvalue weighted by Crippen LogP contribution is 2.29. The Morgan fingerprint density at radius 3 is 2.18 bits per heavy atom. The third kappa shape index (κ3) is 6.94. The summed E-state index contributed by atoms with van der Waals surface area (Å²) in [6.45, 7) is 3.64. The fourth-order valence-electron chi connectivity index (χ4n) is 2.36. The van der Waals surface area contributed by atoms with Crippen molar-refractivity contribution in [3.63, 3.8) is 0 Å². The molecule has 0 radical (unpaired) electrons. The number of carbonyl (C=O) groups excluding carboxylic acids is 1. The molecular weight excluding hydrogens is 369 g/mol. The van der Waals surface area contributed by atoms with Crippen molar-refractivity contribution in [1.82, 2.24) is 16.0 Å². The van der Waals surface area contributed by atoms with Gasteiger partial charge in [-0.1, -0.05) is 30.3 Å². The number of guanidine groups is 1. The minimum atomic E-state index is -4.34. The number of alkyl halides is 3. The number of carbonyl (C=O) groups is 1. The fraction of sp³-hybridized carbons (Fsp3) is 0.300. The Kier molecular flexibility index (Phi) is 7.86. The summed E-state index contributed by atoms with van der Waals surface area (Å²) < 4.78 is 37.8. The Bertz CT molecular complexity index is 774. The number of rotatable bonds is 7. The van der Waals surface area contributed by atoms with Gasteiger partial charge in [0.15, 0.2) is 5.96 Å². The minimum Gasteiger partial charge on any atom is -0.357 e. The molecule has 0 saturated carbocycles. The first-order chi connectivity index (χ1) is 13.4. The van der Waals surface area contributed by atoms with Crippen LogP contribution >= 0.6 is 0 Å². The Labute approximate surface area is 162 Å². The largest absolute Gasteiger partial charge is 0.416 e. The van der Waals surface area contributed by atoms with Gasteiger partial charge in [0.2, 0.25) is 0 Å². The molecular formula is C20H23F3N4O. The number of aliphatic imine (C=N–C) groups is 1. The number of nitrogens with one attached hydrogen (secondary N) is 3. The first-order valence-corrected chi connectivity index (χ1v) is 8.91. The van der Waals surface area contributed by atoms with E-state index >= 15 is 0 Å². The maximum atomic E-state index is 12.6. The Morgan fingerprint density at radius 1 is 0.929 bits per heavy atom. The van der Waals surface area contributed by atoms with Crippen molar-refractivity contribution in [3.8, 4) is 0 Å². The summed E-state index contributed by atoms with van der Waals surface area (Å²) in [6.07, 6.45) is -4.34. The van der Waals surface area contributed by atoms with Crippen LogP contribution in [-0.4, -0.2) is 31.5 Å². The Balaban J connectivity index is 1.82. The van der Waals surface area contributed by atoms with Gasteiger partial charge in [-0.25, -0.2) is 4.99 Å². The van der Waals surface area contributed by atoms with Gasteiger partial charge in [0, 0.05) is 25.2 Å². The molecule has 0 heterocycles. The highest BCUT2D eigenvalue weighted by Gasteiger charge is 2.29. The average molecular weight is 392 g/mol. The van der Waals surface area contributed by atoms with Gasteiger partial charge in [-0.2, -0.15) is 13.2 Å². The summed E-state index contributed by atoms with van der Waals surface area (Å²) in [4.78, 5) is 16.3. The average Bonchev–Trinajstić information content (AvgIpc) is 2.69. The summed E-state index contributed by atoms with van der Waals surface area (Å²) in [7, 11) is 0. The van der Waals surface area contributed by atoms with Crippen LogP contribution in [0.2, 0.25) is 0 Å². The number of halogens is 3. The maximum Gasteiger partial charge on any atom is 0.416 e. The summed E-state index contributed by atoms with van der Waals surface area (Å²) in [5, 5.41) is 8.93. The Morgan fingerprint density at radius 2 is 1.57 bits per heavy atom. The van der Waals surface area contributed by atoms with Crippen LogP contribution in [0.5, 0.6) is 0 Å². The first-order valence-electron chi connectivity index (χ1n) is 8.91. The molecule has 0 aromatic heterocycles. The van der Waals surface area contributed by atoms with Crippen LogP contribution in [0.3, 0.4) is 0 Å². The Hall–Kier alpha value is -3.03. The van der Waals surface area contributed by atoms with Crippen LogP contribution in [0.1, 0.15) is 28.4 Å². The number of hydrogen-bond acceptors (Lipinski definition) is 2. The van der Waals surface area contributed by atoms with Crippen molar-refractivity contribution in [1.29, 1.82) is 0 Å². The molecule has 2 rings (SSSR count). The molecule has 1 amide bonds. The second-order valence-electron chi connectivity index (χ2n) is 5.94. The van der Waals surface area contributed by atoms with Crippen molar-refractivity contribution >= 4 is 11.9 Å². The quantitative estimate of drug-likeness (QED) is 0.385. The molecule has 0 atom stereocenters. The van der Waals surface area contributed by atoms with Gasteiger partial charge < -0.3 is 16.0 Å². The molecule has 3 N–H and O–H groups in total. The summed E-state index contributed by atoms with van der Waals surface area (Å²) >= 11 is 0. The van der Waals surface area contributed by atoms with Crippen molar-refractivity contribution in [3.05, 3.63) is 71.3 Å². The van der Waals surface area contributed by atoms with E-state index < -0.39 is 11.7 Å². The molecule has 0 spiro atoms. The maximum absolute atomic E-state index is 12.6. The molecule has 0 unspecified atom stereocenters. The zero-order chi connectivity index (χ0) is 20.4. The SMILES string of the molecule is CCNC(=NCc1ccc(C(F)(F)F)cc1)NCCNC(=O)c1ccccc1. The van der Waals surface area contributed by atoms with Gasteiger partial charge in [-0.05, 0) is 36.8 Å². The monoisotopic (exact) mass is 392 g/mol. The van der Waals surface area contributed by atoms with E-state index in [1.807, 2.05) is 13.0 Å². The summed E-state index contributed by atoms with van der Waals surface area (Å²) in [5.74, 6) is 0.366. The summed E-state index contributed by atoms with van der Waals surface area (Å²) in [5.41, 5.74) is 0.576. The van der Waals surface area contributed by atoms with E-state index in [0.717, 1.165) is 12.1 Å². The van der Waals surface area contributed by atoms with E-state index in [1.54, 1.807) is 24.3 Å². The lowest BCUT2D eigenvalue weighted by molar-refractivity contribution is -0.137. The molecule has 28 heavy (non-hydrogen) atoms. The van der Waals surface area contributed by atoms with Gasteiger partial charge in [0.05, 0.1) is 12.1 Å². The lowest BCUT2D eigenvalue weighted by Gasteiger charge is -2.12. The first kappa shape index (κ1) is 21.3. The predicted molar refractivity (Wildman–Crippen MR) is 103 cm³/mol. The zero-order valence-electron chi connectivity index (χ0n) is 15.5. The normalized spacial score (nSPS) is 11.8. The molecule has 0 aliphatic heterocycles. The number of benzene rings is 2. The molecule has 5 nitrogen and oxygen atoms in total. The fourth-order valence-corrected chi connectivity index (χ4v) is 2.36. The number of hydrogen-bond donors (Lipinski definition) is 3. The predicted octanol–water partition coefficient (Wildman–Crippen LogP) is 3.19. The highest BCUT2D eigenvalue weighted by atomic mass is 19.4. The van der Waals surface area contributed by atoms with Crippen molar-refractivity contribution in [2.75, 3.05) is 19.6 Å². The van der Waals surface area contributed by atoms with E-state index in [2.05, 4.69) is 20.9 Å². The van der Waals surface area contributed by atoms with Gasteiger partial charge in [0.25, 0.3) is 5.91 Å². The molecule has 0 aliphatic carbocycles. The zero-order valence-corrected chi connectivity index (χ0v) is 15.5. The van der Waals surface area contributed by atoms with Crippen LogP contribution in [0.15, 0.2) is 59.6 Å². The summed E-state index contributed by atoms with van der Waals surface area (Å²) in [6, 6.07) is 13.8. The highest BCUT2D eigenvalue weighted by molar-refractivity contribution is 5.94. The lowest BCUT2D eigenvalue weighted by atomic mass is 10.1. The van der Waals surface area contributed by atoms with Crippen LogP contribution < -0.4 is 16.0 Å². The third-order valence-corrected chi connectivity index (χ3v) is 3.78. The van der Waals surface area contributed by atoms with Crippen molar-refractivity contribution in [2.24, 2.45) is 4.99 Å². The van der Waals surface area contributed by atoms with Gasteiger partial charge >= 0.3 is 6.18 Å². The molecule has 2 aromatic carbocycles. The third-order valence-electron chi connectivity index (χ3n) is 3.78. The van der Waals surface area contributed by atoms with Crippen molar-refractivity contribution in [2.45, 2.75) is 19.6 Å². The van der Waals surface area contributed by atoms with E-state index in [0.29, 0.717) is 36.7 Å². The molecule has 0 aliphatic rings. The number of nitrogens with zero attached hydrogens (tertiary/aromatic N) is 1. The lowest BCUT2D eigenvalue weighted by Crippen LogP contribution is -2.41. The van der Waals surface area contributed by atoms with Gasteiger partial charge in [-0.3, -0.25) is 4.79 Å². The smallest absolute Gasteiger partial charge is 0.357 e. The number of amides is 1. The second-order valence-corrected chi connectivity index (χ2v) is 5.94. The molecule has 2 aromatic rings. The minimum absolute atomic E-state index is 0.158. The van der Waals surface area contributed by atoms with Crippen LogP contribution in [0, 0.1) is 0 Å². The molecule has 8 heteroatoms.